The van der Waals surface area contributed by atoms with Crippen LogP contribution >= 0.6 is 0 Å². The predicted octanol–water partition coefficient (Wildman–Crippen LogP) is 1.88. The largest absolute Gasteiger partial charge is 0.469 e. The van der Waals surface area contributed by atoms with Gasteiger partial charge in [-0.1, -0.05) is 12.8 Å². The molecule has 0 aromatic carbocycles. The van der Waals surface area contributed by atoms with Crippen molar-refractivity contribution in [1.29, 1.82) is 0 Å². The summed E-state index contributed by atoms with van der Waals surface area (Å²) in [5.74, 6) is 0.812. The smallest absolute Gasteiger partial charge is 0.227 e. The topological polar surface area (TPSA) is 42.2 Å². The van der Waals surface area contributed by atoms with E-state index in [2.05, 4.69) is 5.32 Å². The second kappa shape index (κ2) is 4.31. The lowest BCUT2D eigenvalue weighted by molar-refractivity contribution is -0.121. The molecule has 0 atom stereocenters. The van der Waals surface area contributed by atoms with Crippen LogP contribution in [0.5, 0.6) is 0 Å². The van der Waals surface area contributed by atoms with Crippen molar-refractivity contribution in [3.63, 3.8) is 0 Å². The van der Waals surface area contributed by atoms with Gasteiger partial charge in [-0.2, -0.15) is 0 Å². The molecule has 1 fully saturated rings. The van der Waals surface area contributed by atoms with Crippen LogP contribution in [0.4, 0.5) is 0 Å². The Morgan fingerprint density at radius 1 is 1.50 bits per heavy atom. The second-order valence-electron chi connectivity index (χ2n) is 3.81. The summed E-state index contributed by atoms with van der Waals surface area (Å²) >= 11 is 0. The molecular weight excluding hydrogens is 178 g/mol. The van der Waals surface area contributed by atoms with Gasteiger partial charge < -0.3 is 9.73 Å². The molecule has 0 radical (unpaired) electrons. The van der Waals surface area contributed by atoms with Gasteiger partial charge in [-0.25, -0.2) is 0 Å². The molecule has 76 valence electrons. The monoisotopic (exact) mass is 193 g/mol. The van der Waals surface area contributed by atoms with Gasteiger partial charge in [0.25, 0.3) is 0 Å². The molecule has 0 aliphatic heterocycles. The van der Waals surface area contributed by atoms with Crippen molar-refractivity contribution in [3.8, 4) is 0 Å². The van der Waals surface area contributed by atoms with Gasteiger partial charge in [-0.15, -0.1) is 0 Å². The molecule has 0 spiro atoms. The first kappa shape index (κ1) is 9.31. The van der Waals surface area contributed by atoms with Gasteiger partial charge in [0.15, 0.2) is 0 Å². The number of furan rings is 1. The molecule has 0 saturated heterocycles. The molecule has 1 aliphatic rings. The van der Waals surface area contributed by atoms with Crippen LogP contribution in [0, 0.1) is 0 Å². The fourth-order valence-electron chi connectivity index (χ4n) is 1.92. The van der Waals surface area contributed by atoms with Gasteiger partial charge in [-0.3, -0.25) is 4.79 Å². The fraction of sp³-hybridized carbons (Fsp3) is 0.545. The zero-order chi connectivity index (χ0) is 9.80. The SMILES string of the molecule is O=C(Cc1ccco1)NC1CCCC1. The minimum Gasteiger partial charge on any atom is -0.469 e. The zero-order valence-electron chi connectivity index (χ0n) is 8.16. The van der Waals surface area contributed by atoms with E-state index in [1.807, 2.05) is 6.07 Å². The molecule has 2 rings (SSSR count). The number of hydrogen-bond acceptors (Lipinski definition) is 2. The van der Waals surface area contributed by atoms with Gasteiger partial charge in [0.05, 0.1) is 12.7 Å². The van der Waals surface area contributed by atoms with Crippen LogP contribution in [0.1, 0.15) is 31.4 Å². The van der Waals surface area contributed by atoms with Crippen molar-refractivity contribution in [2.24, 2.45) is 0 Å². The summed E-state index contributed by atoms with van der Waals surface area (Å²) in [6, 6.07) is 4.03. The second-order valence-corrected chi connectivity index (χ2v) is 3.81. The minimum atomic E-state index is 0.0758. The van der Waals surface area contributed by atoms with Gasteiger partial charge in [-0.05, 0) is 25.0 Å². The van der Waals surface area contributed by atoms with E-state index in [4.69, 9.17) is 4.42 Å². The number of rotatable bonds is 3. The molecule has 3 heteroatoms. The van der Waals surface area contributed by atoms with Crippen LogP contribution in [0.15, 0.2) is 22.8 Å². The van der Waals surface area contributed by atoms with E-state index in [1.54, 1.807) is 12.3 Å². The molecular formula is C11H15NO2. The molecule has 1 N–H and O–H groups in total. The van der Waals surface area contributed by atoms with Crippen LogP contribution in [0.3, 0.4) is 0 Å². The Labute approximate surface area is 83.5 Å². The van der Waals surface area contributed by atoms with Crippen LogP contribution in [0.25, 0.3) is 0 Å². The summed E-state index contributed by atoms with van der Waals surface area (Å²) in [5.41, 5.74) is 0. The Bertz CT molecular complexity index is 286. The third-order valence-corrected chi connectivity index (χ3v) is 2.64. The van der Waals surface area contributed by atoms with Crippen LogP contribution in [0.2, 0.25) is 0 Å². The van der Waals surface area contributed by atoms with E-state index in [-0.39, 0.29) is 5.91 Å². The summed E-state index contributed by atoms with van der Waals surface area (Å²) in [5, 5.41) is 3.02. The summed E-state index contributed by atoms with van der Waals surface area (Å²) in [4.78, 5) is 11.5. The van der Waals surface area contributed by atoms with E-state index in [9.17, 15) is 4.79 Å². The lowest BCUT2D eigenvalue weighted by Gasteiger charge is -2.10. The first-order valence-electron chi connectivity index (χ1n) is 5.16. The lowest BCUT2D eigenvalue weighted by atomic mass is 10.2. The van der Waals surface area contributed by atoms with E-state index in [0.29, 0.717) is 12.5 Å². The van der Waals surface area contributed by atoms with E-state index in [1.165, 1.54) is 12.8 Å². The molecule has 1 aliphatic carbocycles. The standard InChI is InChI=1S/C11H15NO2/c13-11(8-10-6-3-7-14-10)12-9-4-1-2-5-9/h3,6-7,9H,1-2,4-5,8H2,(H,12,13). The van der Waals surface area contributed by atoms with Crippen molar-refractivity contribution in [1.82, 2.24) is 5.32 Å². The summed E-state index contributed by atoms with van der Waals surface area (Å²) in [7, 11) is 0. The maximum absolute atomic E-state index is 11.5. The number of carbonyl (C=O) groups is 1. The quantitative estimate of drug-likeness (QED) is 0.796. The summed E-state index contributed by atoms with van der Waals surface area (Å²) in [6.45, 7) is 0. The van der Waals surface area contributed by atoms with Crippen molar-refractivity contribution in [2.75, 3.05) is 0 Å². The predicted molar refractivity (Wildman–Crippen MR) is 52.8 cm³/mol. The first-order valence-corrected chi connectivity index (χ1v) is 5.16. The molecule has 3 nitrogen and oxygen atoms in total. The lowest BCUT2D eigenvalue weighted by Crippen LogP contribution is -2.33. The maximum atomic E-state index is 11.5. The van der Waals surface area contributed by atoms with E-state index >= 15 is 0 Å². The average Bonchev–Trinajstić information content (AvgIpc) is 2.76. The molecule has 1 aromatic rings. The molecule has 1 amide bonds. The van der Waals surface area contributed by atoms with Crippen LogP contribution in [-0.2, 0) is 11.2 Å². The van der Waals surface area contributed by atoms with Gasteiger partial charge in [0, 0.05) is 6.04 Å². The number of carbonyl (C=O) groups excluding carboxylic acids is 1. The number of nitrogens with one attached hydrogen (secondary N) is 1. The van der Waals surface area contributed by atoms with Gasteiger partial charge >= 0.3 is 0 Å². The van der Waals surface area contributed by atoms with Crippen molar-refractivity contribution >= 4 is 5.91 Å². The third kappa shape index (κ3) is 2.37. The van der Waals surface area contributed by atoms with Crippen molar-refractivity contribution in [2.45, 2.75) is 38.1 Å². The Balaban J connectivity index is 1.78. The van der Waals surface area contributed by atoms with Crippen LogP contribution in [-0.4, -0.2) is 11.9 Å². The fourth-order valence-corrected chi connectivity index (χ4v) is 1.92. The molecule has 1 heterocycles. The summed E-state index contributed by atoms with van der Waals surface area (Å²) in [6.07, 6.45) is 6.70. The Hall–Kier alpha value is -1.25. The molecule has 1 aromatic heterocycles. The molecule has 0 bridgehead atoms. The highest BCUT2D eigenvalue weighted by molar-refractivity contribution is 5.78. The third-order valence-electron chi connectivity index (χ3n) is 2.64. The minimum absolute atomic E-state index is 0.0758. The molecule has 0 unspecified atom stereocenters. The zero-order valence-corrected chi connectivity index (χ0v) is 8.16. The van der Waals surface area contributed by atoms with Gasteiger partial charge in [0.1, 0.15) is 5.76 Å². The van der Waals surface area contributed by atoms with Crippen LogP contribution < -0.4 is 5.32 Å². The van der Waals surface area contributed by atoms with Crippen molar-refractivity contribution < 1.29 is 9.21 Å². The summed E-state index contributed by atoms with van der Waals surface area (Å²) < 4.78 is 5.11. The van der Waals surface area contributed by atoms with E-state index in [0.717, 1.165) is 18.6 Å². The average molecular weight is 193 g/mol. The Kier molecular flexibility index (Phi) is 2.87. The number of amides is 1. The van der Waals surface area contributed by atoms with Crippen molar-refractivity contribution in [3.05, 3.63) is 24.2 Å². The highest BCUT2D eigenvalue weighted by Gasteiger charge is 2.17. The maximum Gasteiger partial charge on any atom is 0.227 e. The Morgan fingerprint density at radius 3 is 2.93 bits per heavy atom. The highest BCUT2D eigenvalue weighted by Crippen LogP contribution is 2.17. The highest BCUT2D eigenvalue weighted by atomic mass is 16.3. The Morgan fingerprint density at radius 2 is 2.29 bits per heavy atom. The molecule has 1 saturated carbocycles. The number of hydrogen-bond donors (Lipinski definition) is 1. The van der Waals surface area contributed by atoms with Gasteiger partial charge in [0.2, 0.25) is 5.91 Å². The normalized spacial score (nSPS) is 17.1. The van der Waals surface area contributed by atoms with E-state index < -0.39 is 0 Å². The first-order chi connectivity index (χ1) is 6.84. The molecule has 14 heavy (non-hydrogen) atoms.